The zero-order chi connectivity index (χ0) is 43.0. The molecule has 310 valence electrons. The van der Waals surface area contributed by atoms with Crippen LogP contribution in [0.15, 0.2) is 109 Å². The average Bonchev–Trinajstić information content (AvgIpc) is 3.40. The van der Waals surface area contributed by atoms with Gasteiger partial charge in [-0.1, -0.05) is 23.4 Å². The average molecular weight is 852 g/mol. The summed E-state index contributed by atoms with van der Waals surface area (Å²) >= 11 is 2.06. The highest BCUT2D eigenvalue weighted by atomic mass is 32.2. The number of nitrogens with zero attached hydrogens (tertiary/aromatic N) is 5. The first-order chi connectivity index (χ1) is 28.0. The standard InChI is InChI=1S/C36H38N10O11S2/c1-36(2,35(54)55)57-42-27(21-9-5-10-26(38)59-43-21)31(50)41-28-32(51)46-29(34(52)53)19(18-58-33(28)46)7-6-14-44-13-4-3-8-20(37)22(16-44)39-11-12-40-30(49)23-15-24(47)25(48)17-45(23)56/h3-10,13,15-17,28,33,37,39,56H,11-12,14,18H2,1-2H3,(H7,38,40,41,43,48,49,50,52,53,54,55)/p+1/b7-6+,8-3+,13-4?,22-16?,42-27-/t28-,33?/m1/s1. The number of fused-ring (bicyclic) bond motifs is 1. The van der Waals surface area contributed by atoms with Gasteiger partial charge in [0.25, 0.3) is 17.7 Å². The number of pyridine rings is 1. The van der Waals surface area contributed by atoms with Gasteiger partial charge < -0.3 is 52.8 Å². The van der Waals surface area contributed by atoms with Crippen molar-refractivity contribution in [1.82, 2.24) is 25.6 Å². The quantitative estimate of drug-likeness (QED) is 0.0203. The lowest BCUT2D eigenvalue weighted by Crippen LogP contribution is -2.71. The molecule has 1 aromatic rings. The highest BCUT2D eigenvalue weighted by molar-refractivity contribution is 8.02. The zero-order valence-corrected chi connectivity index (χ0v) is 32.9. The molecule has 1 aromatic heterocycles. The van der Waals surface area contributed by atoms with Gasteiger partial charge in [-0.05, 0) is 43.7 Å². The number of nitrogens with two attached hydrogens (primary N) is 2. The van der Waals surface area contributed by atoms with E-state index < -0.39 is 63.6 Å². The molecule has 4 aliphatic heterocycles. The van der Waals surface area contributed by atoms with E-state index in [0.29, 0.717) is 32.9 Å². The van der Waals surface area contributed by atoms with Crippen molar-refractivity contribution in [3.8, 4) is 5.75 Å². The lowest BCUT2D eigenvalue weighted by molar-refractivity contribution is -0.439. The molecule has 23 heteroatoms. The van der Waals surface area contributed by atoms with Crippen LogP contribution in [0.4, 0.5) is 0 Å². The second-order valence-corrected chi connectivity index (χ2v) is 15.1. The number of carbonyl (C=O) groups excluding carboxylic acids is 3. The summed E-state index contributed by atoms with van der Waals surface area (Å²) in [6, 6.07) is -0.367. The predicted molar refractivity (Wildman–Crippen MR) is 216 cm³/mol. The molecule has 0 saturated carbocycles. The third kappa shape index (κ3) is 10.3. The number of allylic oxidation sites excluding steroid dienone is 8. The third-order valence-corrected chi connectivity index (χ3v) is 10.4. The van der Waals surface area contributed by atoms with Crippen molar-refractivity contribution in [3.05, 3.63) is 111 Å². The summed E-state index contributed by atoms with van der Waals surface area (Å²) in [5, 5.41) is 50.4. The molecule has 0 radical (unpaired) electrons. The van der Waals surface area contributed by atoms with Crippen molar-refractivity contribution >= 4 is 71.0 Å². The van der Waals surface area contributed by atoms with Crippen LogP contribution in [-0.2, 0) is 24.0 Å². The minimum absolute atomic E-state index is 0.0228. The van der Waals surface area contributed by atoms with Crippen LogP contribution >= 0.6 is 23.7 Å². The van der Waals surface area contributed by atoms with Crippen LogP contribution in [0, 0.1) is 0 Å². The van der Waals surface area contributed by atoms with Gasteiger partial charge in [-0.25, -0.2) is 14.0 Å². The lowest BCUT2D eigenvalue weighted by Gasteiger charge is -2.49. The van der Waals surface area contributed by atoms with Crippen LogP contribution in [-0.4, -0.2) is 124 Å². The van der Waals surface area contributed by atoms with Gasteiger partial charge in [-0.3, -0.25) is 24.1 Å². The Morgan fingerprint density at radius 1 is 1.14 bits per heavy atom. The summed E-state index contributed by atoms with van der Waals surface area (Å²) in [4.78, 5) is 81.6. The fourth-order valence-electron chi connectivity index (χ4n) is 5.32. The van der Waals surface area contributed by atoms with Gasteiger partial charge in [-0.2, -0.15) is 9.31 Å². The molecule has 0 aliphatic carbocycles. The number of β-lactam (4-membered cyclic amide) rings is 1. The number of carboxylic acid groups (broad SMARTS) is 2. The SMILES string of the molecule is CC(C)(O/N=C(\C(=O)N[C@@H]1C(=O)N2C(C(=O)O)=C(/C=C/C[N+]3=C/C(NCCNC(=O)c4cc(=O)c(O)cn4O)=C(N)\C=C\C=C3)CSC12)C1=NSC(N)=CC=C1)C(=O)O. The van der Waals surface area contributed by atoms with E-state index in [1.54, 1.807) is 47.4 Å². The second-order valence-electron chi connectivity index (χ2n) is 13.1. The smallest absolute Gasteiger partial charge is 0.352 e. The first-order valence-corrected chi connectivity index (χ1v) is 19.2. The minimum atomic E-state index is -1.82. The van der Waals surface area contributed by atoms with Gasteiger partial charge in [0.2, 0.25) is 11.0 Å². The Balaban J connectivity index is 1.25. The molecule has 1 unspecified atom stereocenters. The number of aromatic hydroxyl groups is 1. The molecule has 2 atom stereocenters. The fraction of sp³-hybridized carbons (Fsp3) is 0.250. The fourth-order valence-corrected chi connectivity index (χ4v) is 7.13. The van der Waals surface area contributed by atoms with Gasteiger partial charge >= 0.3 is 11.9 Å². The minimum Gasteiger partial charge on any atom is -0.503 e. The Morgan fingerprint density at radius 3 is 2.63 bits per heavy atom. The van der Waals surface area contributed by atoms with Crippen molar-refractivity contribution in [3.63, 3.8) is 0 Å². The van der Waals surface area contributed by atoms with Gasteiger partial charge in [0.1, 0.15) is 34.2 Å². The molecule has 21 nitrogen and oxygen atoms in total. The molecule has 59 heavy (non-hydrogen) atoms. The van der Waals surface area contributed by atoms with E-state index in [1.165, 1.54) is 43.8 Å². The molecular formula is C36H39N10O11S2+. The maximum absolute atomic E-state index is 13.6. The third-order valence-electron chi connectivity index (χ3n) is 8.46. The Morgan fingerprint density at radius 2 is 1.90 bits per heavy atom. The number of rotatable bonds is 15. The normalized spacial score (nSPS) is 21.2. The number of thioether (sulfide) groups is 1. The number of hydrogen-bond acceptors (Lipinski definition) is 16. The molecule has 0 spiro atoms. The van der Waals surface area contributed by atoms with E-state index in [9.17, 15) is 49.3 Å². The predicted octanol–water partition coefficient (Wildman–Crippen LogP) is -0.563. The Kier molecular flexibility index (Phi) is 13.5. The van der Waals surface area contributed by atoms with Crippen LogP contribution in [0.1, 0.15) is 24.3 Å². The van der Waals surface area contributed by atoms with E-state index in [4.69, 9.17) is 16.3 Å². The Labute approximate surface area is 343 Å². The molecule has 4 aliphatic rings. The first-order valence-electron chi connectivity index (χ1n) is 17.4. The van der Waals surface area contributed by atoms with E-state index in [-0.39, 0.29) is 42.5 Å². The summed E-state index contributed by atoms with van der Waals surface area (Å²) in [5.74, 6) is -5.65. The highest BCUT2D eigenvalue weighted by Crippen LogP contribution is 2.40. The summed E-state index contributed by atoms with van der Waals surface area (Å²) in [6.07, 6.45) is 16.9. The van der Waals surface area contributed by atoms with Crippen LogP contribution < -0.4 is 32.8 Å². The van der Waals surface area contributed by atoms with E-state index in [2.05, 4.69) is 25.5 Å². The molecule has 0 aromatic carbocycles. The molecule has 0 bridgehead atoms. The van der Waals surface area contributed by atoms with Crippen molar-refractivity contribution in [2.24, 2.45) is 21.0 Å². The zero-order valence-electron chi connectivity index (χ0n) is 31.3. The molecule has 1 saturated heterocycles. The molecule has 3 amide bonds. The highest BCUT2D eigenvalue weighted by Gasteiger charge is 2.54. The van der Waals surface area contributed by atoms with Crippen LogP contribution in [0.25, 0.3) is 0 Å². The van der Waals surface area contributed by atoms with Crippen molar-refractivity contribution in [2.45, 2.75) is 30.9 Å². The molecule has 1 fully saturated rings. The van der Waals surface area contributed by atoms with Crippen LogP contribution in [0.2, 0.25) is 0 Å². The van der Waals surface area contributed by atoms with Crippen LogP contribution in [0.5, 0.6) is 5.75 Å². The van der Waals surface area contributed by atoms with Gasteiger partial charge in [0, 0.05) is 42.9 Å². The first kappa shape index (κ1) is 43.1. The van der Waals surface area contributed by atoms with E-state index in [0.717, 1.165) is 22.9 Å². The van der Waals surface area contributed by atoms with E-state index >= 15 is 0 Å². The largest absolute Gasteiger partial charge is 0.503 e. The number of amides is 3. The molecule has 11 N–H and O–H groups in total. The van der Waals surface area contributed by atoms with Crippen molar-refractivity contribution in [2.75, 3.05) is 25.4 Å². The maximum Gasteiger partial charge on any atom is 0.352 e. The number of nitrogens with one attached hydrogen (secondary N) is 3. The van der Waals surface area contributed by atoms with E-state index in [1.807, 2.05) is 0 Å². The number of hydrogen-bond donors (Lipinski definition) is 9. The van der Waals surface area contributed by atoms with Gasteiger partial charge in [-0.15, -0.1) is 11.8 Å². The number of carboxylic acids is 2. The number of carbonyl (C=O) groups is 5. The van der Waals surface area contributed by atoms with Crippen molar-refractivity contribution < 1.29 is 53.9 Å². The number of oxime groups is 1. The topological polar surface area (TPSA) is 317 Å². The van der Waals surface area contributed by atoms with Crippen molar-refractivity contribution in [1.29, 1.82) is 0 Å². The summed E-state index contributed by atoms with van der Waals surface area (Å²) in [5.41, 5.74) is 9.47. The molecule has 5 heterocycles. The lowest BCUT2D eigenvalue weighted by atomic mass is 10.0. The summed E-state index contributed by atoms with van der Waals surface area (Å²) < 4.78 is 6.25. The number of aliphatic carboxylic acids is 2. The Hall–Kier alpha value is -7.01. The molecule has 5 rings (SSSR count). The van der Waals surface area contributed by atoms with Gasteiger partial charge in [0.15, 0.2) is 30.4 Å². The maximum atomic E-state index is 13.6. The summed E-state index contributed by atoms with van der Waals surface area (Å²) in [6.45, 7) is 2.91. The number of aromatic nitrogens is 1. The van der Waals surface area contributed by atoms with Gasteiger partial charge in [0.05, 0.1) is 16.9 Å². The summed E-state index contributed by atoms with van der Waals surface area (Å²) in [7, 11) is 0. The Bertz CT molecular complexity index is 2340. The second kappa shape index (κ2) is 18.5. The molecular weight excluding hydrogens is 813 g/mol. The monoisotopic (exact) mass is 851 g/mol. The van der Waals surface area contributed by atoms with Crippen LogP contribution in [0.3, 0.4) is 0 Å².